The third kappa shape index (κ3) is 4.40. The molecular formula is C15H15N3O5. The van der Waals surface area contributed by atoms with Crippen molar-refractivity contribution < 1.29 is 14.3 Å². The first-order chi connectivity index (χ1) is 10.8. The Bertz CT molecular complexity index is 838. The number of aryl methyl sites for hydroxylation is 2. The molecule has 0 saturated carbocycles. The first-order valence-corrected chi connectivity index (χ1v) is 6.73. The van der Waals surface area contributed by atoms with Crippen molar-refractivity contribution in [3.05, 3.63) is 61.9 Å². The quantitative estimate of drug-likeness (QED) is 0.708. The standard InChI is InChI=1S/C15H15N3O5/c1-8-3-4-10(9(2)5-8)16-13(20)7-23-14(21)11-6-12(19)18-15(22)17-11/h3-6H,7H2,1-2H3,(H,16,20)(H2,17,18,19,22). The van der Waals surface area contributed by atoms with Gasteiger partial charge in [-0.1, -0.05) is 17.7 Å². The largest absolute Gasteiger partial charge is 0.451 e. The number of nitrogens with one attached hydrogen (secondary N) is 3. The Balaban J connectivity index is 1.97. The molecule has 1 aromatic heterocycles. The van der Waals surface area contributed by atoms with Crippen molar-refractivity contribution in [2.75, 3.05) is 11.9 Å². The van der Waals surface area contributed by atoms with Crippen molar-refractivity contribution in [1.82, 2.24) is 9.97 Å². The second-order valence-electron chi connectivity index (χ2n) is 4.94. The summed E-state index contributed by atoms with van der Waals surface area (Å²) < 4.78 is 4.76. The average molecular weight is 317 g/mol. The number of hydrogen-bond acceptors (Lipinski definition) is 5. The fourth-order valence-electron chi connectivity index (χ4n) is 1.93. The van der Waals surface area contributed by atoms with Gasteiger partial charge in [0, 0.05) is 11.8 Å². The second-order valence-corrected chi connectivity index (χ2v) is 4.94. The highest BCUT2D eigenvalue weighted by atomic mass is 16.5. The topological polar surface area (TPSA) is 121 Å². The number of benzene rings is 1. The van der Waals surface area contributed by atoms with Gasteiger partial charge in [0.2, 0.25) is 0 Å². The van der Waals surface area contributed by atoms with E-state index in [2.05, 4.69) is 10.3 Å². The fourth-order valence-corrected chi connectivity index (χ4v) is 1.93. The number of aromatic nitrogens is 2. The fraction of sp³-hybridized carbons (Fsp3) is 0.200. The highest BCUT2D eigenvalue weighted by molar-refractivity contribution is 5.95. The van der Waals surface area contributed by atoms with Gasteiger partial charge in [-0.15, -0.1) is 0 Å². The second kappa shape index (κ2) is 6.73. The summed E-state index contributed by atoms with van der Waals surface area (Å²) >= 11 is 0. The molecule has 0 aliphatic heterocycles. The van der Waals surface area contributed by atoms with E-state index < -0.39 is 29.7 Å². The Labute approximate surface area is 130 Å². The SMILES string of the molecule is Cc1ccc(NC(=O)COC(=O)c2cc(=O)[nH]c(=O)[nH]2)c(C)c1. The van der Waals surface area contributed by atoms with E-state index in [-0.39, 0.29) is 5.69 Å². The lowest BCUT2D eigenvalue weighted by Gasteiger charge is -2.09. The average Bonchev–Trinajstić information content (AvgIpc) is 2.46. The van der Waals surface area contributed by atoms with Gasteiger partial charge in [-0.05, 0) is 25.5 Å². The Hall–Kier alpha value is -3.16. The highest BCUT2D eigenvalue weighted by Gasteiger charge is 2.12. The zero-order chi connectivity index (χ0) is 17.0. The molecule has 3 N–H and O–H groups in total. The molecule has 0 saturated heterocycles. The maximum atomic E-state index is 11.8. The predicted octanol–water partition coefficient (Wildman–Crippen LogP) is 0.476. The summed E-state index contributed by atoms with van der Waals surface area (Å²) in [5, 5.41) is 2.61. The molecular weight excluding hydrogens is 302 g/mol. The van der Waals surface area contributed by atoms with Crippen LogP contribution in [0.3, 0.4) is 0 Å². The van der Waals surface area contributed by atoms with Gasteiger partial charge < -0.3 is 15.0 Å². The summed E-state index contributed by atoms with van der Waals surface area (Å²) in [7, 11) is 0. The first-order valence-electron chi connectivity index (χ1n) is 6.73. The minimum Gasteiger partial charge on any atom is -0.451 e. The summed E-state index contributed by atoms with van der Waals surface area (Å²) in [4.78, 5) is 49.7. The van der Waals surface area contributed by atoms with Gasteiger partial charge in [0.05, 0.1) is 0 Å². The molecule has 0 bridgehead atoms. The Kier molecular flexibility index (Phi) is 4.75. The molecule has 1 aromatic carbocycles. The summed E-state index contributed by atoms with van der Waals surface area (Å²) in [5.74, 6) is -1.50. The van der Waals surface area contributed by atoms with Crippen molar-refractivity contribution in [2.45, 2.75) is 13.8 Å². The zero-order valence-corrected chi connectivity index (χ0v) is 12.6. The molecule has 0 aliphatic carbocycles. The van der Waals surface area contributed by atoms with Crippen molar-refractivity contribution in [3.63, 3.8) is 0 Å². The number of carbonyl (C=O) groups excluding carboxylic acids is 2. The van der Waals surface area contributed by atoms with E-state index in [1.165, 1.54) is 0 Å². The van der Waals surface area contributed by atoms with Gasteiger partial charge in [-0.25, -0.2) is 9.59 Å². The molecule has 2 rings (SSSR count). The number of anilines is 1. The molecule has 0 fully saturated rings. The van der Waals surface area contributed by atoms with Crippen LogP contribution in [0.25, 0.3) is 0 Å². The lowest BCUT2D eigenvalue weighted by atomic mass is 10.1. The monoisotopic (exact) mass is 317 g/mol. The molecule has 23 heavy (non-hydrogen) atoms. The number of aromatic amines is 2. The Morgan fingerprint density at radius 2 is 1.87 bits per heavy atom. The summed E-state index contributed by atoms with van der Waals surface area (Å²) in [6.07, 6.45) is 0. The van der Waals surface area contributed by atoms with Crippen LogP contribution in [0.4, 0.5) is 5.69 Å². The van der Waals surface area contributed by atoms with Crippen LogP contribution in [-0.2, 0) is 9.53 Å². The van der Waals surface area contributed by atoms with Crippen molar-refractivity contribution in [1.29, 1.82) is 0 Å². The maximum absolute atomic E-state index is 11.8. The molecule has 8 heteroatoms. The minimum absolute atomic E-state index is 0.321. The van der Waals surface area contributed by atoms with Crippen LogP contribution in [0, 0.1) is 13.8 Å². The Morgan fingerprint density at radius 3 is 2.52 bits per heavy atom. The zero-order valence-electron chi connectivity index (χ0n) is 12.6. The Morgan fingerprint density at radius 1 is 1.13 bits per heavy atom. The molecule has 2 aromatic rings. The van der Waals surface area contributed by atoms with Crippen LogP contribution in [-0.4, -0.2) is 28.5 Å². The molecule has 0 radical (unpaired) electrons. The van der Waals surface area contributed by atoms with E-state index in [4.69, 9.17) is 4.74 Å². The van der Waals surface area contributed by atoms with Gasteiger partial charge in [-0.2, -0.15) is 0 Å². The van der Waals surface area contributed by atoms with Crippen LogP contribution in [0.1, 0.15) is 21.6 Å². The van der Waals surface area contributed by atoms with Crippen LogP contribution in [0.15, 0.2) is 33.9 Å². The molecule has 0 atom stereocenters. The van der Waals surface area contributed by atoms with Crippen LogP contribution in [0.2, 0.25) is 0 Å². The van der Waals surface area contributed by atoms with Gasteiger partial charge in [0.15, 0.2) is 6.61 Å². The van der Waals surface area contributed by atoms with Gasteiger partial charge in [0.1, 0.15) is 5.69 Å². The third-order valence-corrected chi connectivity index (χ3v) is 2.97. The lowest BCUT2D eigenvalue weighted by Crippen LogP contribution is -2.27. The highest BCUT2D eigenvalue weighted by Crippen LogP contribution is 2.15. The van der Waals surface area contributed by atoms with E-state index in [1.807, 2.05) is 31.0 Å². The van der Waals surface area contributed by atoms with E-state index in [0.29, 0.717) is 5.69 Å². The maximum Gasteiger partial charge on any atom is 0.355 e. The normalized spacial score (nSPS) is 10.2. The molecule has 0 unspecified atom stereocenters. The number of hydrogen-bond donors (Lipinski definition) is 3. The number of rotatable bonds is 4. The number of esters is 1. The number of H-pyrrole nitrogens is 2. The third-order valence-electron chi connectivity index (χ3n) is 2.97. The molecule has 8 nitrogen and oxygen atoms in total. The van der Waals surface area contributed by atoms with E-state index in [1.54, 1.807) is 6.07 Å². The van der Waals surface area contributed by atoms with Crippen LogP contribution in [0.5, 0.6) is 0 Å². The summed E-state index contributed by atoms with van der Waals surface area (Å²) in [6.45, 7) is 3.24. The predicted molar refractivity (Wildman–Crippen MR) is 82.5 cm³/mol. The number of carbonyl (C=O) groups is 2. The van der Waals surface area contributed by atoms with Crippen molar-refractivity contribution in [3.8, 4) is 0 Å². The molecule has 0 aliphatic rings. The van der Waals surface area contributed by atoms with Gasteiger partial charge in [-0.3, -0.25) is 14.6 Å². The molecule has 1 heterocycles. The van der Waals surface area contributed by atoms with Crippen LogP contribution < -0.4 is 16.6 Å². The van der Waals surface area contributed by atoms with Crippen LogP contribution >= 0.6 is 0 Å². The van der Waals surface area contributed by atoms with Gasteiger partial charge >= 0.3 is 11.7 Å². The summed E-state index contributed by atoms with van der Waals surface area (Å²) in [5.41, 5.74) is 0.665. The van der Waals surface area contributed by atoms with E-state index in [9.17, 15) is 19.2 Å². The van der Waals surface area contributed by atoms with Gasteiger partial charge in [0.25, 0.3) is 11.5 Å². The summed E-state index contributed by atoms with van der Waals surface area (Å²) in [6, 6.07) is 6.38. The van der Waals surface area contributed by atoms with E-state index in [0.717, 1.165) is 17.2 Å². The number of ether oxygens (including phenoxy) is 1. The smallest absolute Gasteiger partial charge is 0.355 e. The first kappa shape index (κ1) is 16.2. The molecule has 1 amide bonds. The molecule has 0 spiro atoms. The minimum atomic E-state index is -0.969. The number of amides is 1. The van der Waals surface area contributed by atoms with Crippen molar-refractivity contribution >= 4 is 17.6 Å². The lowest BCUT2D eigenvalue weighted by molar-refractivity contribution is -0.119. The molecule has 120 valence electrons. The van der Waals surface area contributed by atoms with E-state index >= 15 is 0 Å². The van der Waals surface area contributed by atoms with Crippen molar-refractivity contribution in [2.24, 2.45) is 0 Å².